The number of allylic oxidation sites excluding steroid dienone is 2. The largest absolute Gasteiger partial charge is 0.478 e. The lowest BCUT2D eigenvalue weighted by Crippen LogP contribution is -2.37. The van der Waals surface area contributed by atoms with Crippen molar-refractivity contribution >= 4 is 28.7 Å². The van der Waals surface area contributed by atoms with Crippen LogP contribution in [0.1, 0.15) is 72.4 Å². The van der Waals surface area contributed by atoms with E-state index in [1.807, 2.05) is 12.1 Å². The molecule has 2 aliphatic carbocycles. The van der Waals surface area contributed by atoms with Gasteiger partial charge in [0.2, 0.25) is 0 Å². The van der Waals surface area contributed by atoms with E-state index in [0.29, 0.717) is 51.8 Å². The minimum absolute atomic E-state index is 0.0215. The number of piperidine rings is 1. The number of hydrogen-bond acceptors (Lipinski definition) is 6. The Morgan fingerprint density at radius 3 is 2.53 bits per heavy atom. The number of rotatable bonds is 4. The lowest BCUT2D eigenvalue weighted by molar-refractivity contribution is 0.0979. The first-order valence-electron chi connectivity index (χ1n) is 13.7. The van der Waals surface area contributed by atoms with Gasteiger partial charge in [-0.05, 0) is 48.4 Å². The number of hydrogen-bond donors (Lipinski definition) is 1. The molecule has 4 aliphatic rings. The molecule has 6 rings (SSSR count). The molecule has 2 heterocycles. The molecular formula is C32H35N3O3. The van der Waals surface area contributed by atoms with Crippen molar-refractivity contribution in [2.75, 3.05) is 31.5 Å². The average Bonchev–Trinajstić information content (AvgIpc) is 2.89. The third kappa shape index (κ3) is 4.31. The molecule has 1 saturated heterocycles. The second-order valence-electron chi connectivity index (χ2n) is 12.0. The molecular weight excluding hydrogens is 474 g/mol. The first-order valence-corrected chi connectivity index (χ1v) is 13.7. The smallest absolute Gasteiger partial charge is 0.196 e. The molecule has 6 nitrogen and oxygen atoms in total. The molecule has 0 radical (unpaired) electrons. The Kier molecular flexibility index (Phi) is 6.10. The third-order valence-electron chi connectivity index (χ3n) is 8.04. The number of carbonyl (C=O) groups excluding carboxylic acids is 2. The number of ketones is 2. The molecule has 2 aliphatic heterocycles. The van der Waals surface area contributed by atoms with E-state index < -0.39 is 0 Å². The van der Waals surface area contributed by atoms with E-state index in [-0.39, 0.29) is 23.1 Å². The Morgan fingerprint density at radius 2 is 1.82 bits per heavy atom. The summed E-state index contributed by atoms with van der Waals surface area (Å²) in [6.45, 7) is 12.6. The van der Waals surface area contributed by atoms with Crippen LogP contribution in [0.3, 0.4) is 0 Å². The summed E-state index contributed by atoms with van der Waals surface area (Å²) in [5, 5.41) is 3.50. The van der Waals surface area contributed by atoms with E-state index in [9.17, 15) is 9.59 Å². The van der Waals surface area contributed by atoms with Crippen LogP contribution in [0.4, 0.5) is 11.4 Å². The quantitative estimate of drug-likeness (QED) is 0.468. The van der Waals surface area contributed by atoms with Crippen LogP contribution in [-0.2, 0) is 0 Å². The van der Waals surface area contributed by atoms with Gasteiger partial charge in [-0.3, -0.25) is 9.59 Å². The van der Waals surface area contributed by atoms with Crippen LogP contribution in [0, 0.1) is 11.3 Å². The highest BCUT2D eigenvalue weighted by Crippen LogP contribution is 2.46. The molecule has 38 heavy (non-hydrogen) atoms. The van der Waals surface area contributed by atoms with E-state index in [1.54, 1.807) is 24.3 Å². The van der Waals surface area contributed by atoms with E-state index in [1.165, 1.54) is 18.4 Å². The normalized spacial score (nSPS) is 22.4. The maximum atomic E-state index is 13.8. The molecule has 2 atom stereocenters. The number of benzene rings is 2. The Bertz CT molecular complexity index is 1430. The van der Waals surface area contributed by atoms with Gasteiger partial charge in [-0.15, -0.1) is 0 Å². The van der Waals surface area contributed by atoms with Crippen LogP contribution in [-0.4, -0.2) is 54.5 Å². The Morgan fingerprint density at radius 1 is 1.08 bits per heavy atom. The molecule has 0 aromatic heterocycles. The predicted octanol–water partition coefficient (Wildman–Crippen LogP) is 5.98. The van der Waals surface area contributed by atoms with Crippen LogP contribution >= 0.6 is 0 Å². The van der Waals surface area contributed by atoms with Crippen molar-refractivity contribution in [3.05, 3.63) is 76.4 Å². The molecule has 0 amide bonds. The first kappa shape index (κ1) is 24.8. The second kappa shape index (κ2) is 9.35. The number of aliphatic imine (C=N–C) groups is 1. The highest BCUT2D eigenvalue weighted by atomic mass is 16.5. The number of nitrogens with zero attached hydrogens (tertiary/aromatic N) is 2. The van der Waals surface area contributed by atoms with Crippen LogP contribution < -0.4 is 10.1 Å². The number of carbonyl (C=O) groups is 2. The van der Waals surface area contributed by atoms with Crippen molar-refractivity contribution in [2.24, 2.45) is 16.3 Å². The summed E-state index contributed by atoms with van der Waals surface area (Å²) in [4.78, 5) is 35.0. The summed E-state index contributed by atoms with van der Waals surface area (Å²) < 4.78 is 6.48. The summed E-state index contributed by atoms with van der Waals surface area (Å²) in [5.74, 6) is 0.902. The minimum Gasteiger partial charge on any atom is -0.478 e. The van der Waals surface area contributed by atoms with Gasteiger partial charge >= 0.3 is 0 Å². The van der Waals surface area contributed by atoms with Crippen molar-refractivity contribution in [1.82, 2.24) is 4.90 Å². The lowest BCUT2D eigenvalue weighted by atomic mass is 9.81. The zero-order chi connectivity index (χ0) is 26.6. The molecule has 1 unspecified atom stereocenters. The van der Waals surface area contributed by atoms with Gasteiger partial charge in [0.15, 0.2) is 17.7 Å². The maximum Gasteiger partial charge on any atom is 0.196 e. The number of anilines is 1. The van der Waals surface area contributed by atoms with Crippen molar-refractivity contribution in [1.29, 1.82) is 0 Å². The fourth-order valence-electron chi connectivity index (χ4n) is 5.97. The molecule has 0 saturated carbocycles. The van der Waals surface area contributed by atoms with Crippen LogP contribution in [0.15, 0.2) is 59.1 Å². The molecule has 196 valence electrons. The first-order chi connectivity index (χ1) is 18.2. The van der Waals surface area contributed by atoms with Crippen molar-refractivity contribution < 1.29 is 14.3 Å². The summed E-state index contributed by atoms with van der Waals surface area (Å²) in [5.41, 5.74) is 4.59. The standard InChI is InChI=1S/C32H35N3O3/c1-19-8-7-14-35(18-19)15-13-33-24-17-26-29(34-23-12-11-20(32(2,3)4)16-25(23)38-26)28-27(24)30(36)21-9-5-6-10-22(21)31(28)37/h5-6,9-12,16-17,19,25,33H,7-8,13-15,18H2,1-4H3/t19-,25?/m1/s1. The zero-order valence-electron chi connectivity index (χ0n) is 22.6. The van der Waals surface area contributed by atoms with Gasteiger partial charge in [0.1, 0.15) is 11.4 Å². The summed E-state index contributed by atoms with van der Waals surface area (Å²) in [6.07, 6.45) is 8.30. The van der Waals surface area contributed by atoms with Gasteiger partial charge in [0, 0.05) is 42.5 Å². The summed E-state index contributed by atoms with van der Waals surface area (Å²) >= 11 is 0. The molecule has 1 fully saturated rings. The van der Waals surface area contributed by atoms with Gasteiger partial charge in [-0.1, -0.05) is 58.0 Å². The topological polar surface area (TPSA) is 71.0 Å². The molecule has 6 heteroatoms. The zero-order valence-corrected chi connectivity index (χ0v) is 22.6. The molecule has 1 N–H and O–H groups in total. The number of nitrogens with one attached hydrogen (secondary N) is 1. The third-order valence-corrected chi connectivity index (χ3v) is 8.04. The van der Waals surface area contributed by atoms with Crippen molar-refractivity contribution in [2.45, 2.75) is 46.6 Å². The van der Waals surface area contributed by atoms with E-state index in [2.05, 4.69) is 50.1 Å². The number of fused-ring (bicyclic) bond motifs is 5. The Hall–Kier alpha value is -3.51. The number of ether oxygens (including phenoxy) is 1. The maximum absolute atomic E-state index is 13.8. The van der Waals surface area contributed by atoms with Gasteiger partial charge in [-0.2, -0.15) is 0 Å². The van der Waals surface area contributed by atoms with Gasteiger partial charge in [-0.25, -0.2) is 4.99 Å². The molecule has 0 bridgehead atoms. The van der Waals surface area contributed by atoms with Gasteiger partial charge in [0.25, 0.3) is 0 Å². The Labute approximate surface area is 224 Å². The predicted molar refractivity (Wildman–Crippen MR) is 151 cm³/mol. The molecule has 0 spiro atoms. The highest BCUT2D eigenvalue weighted by Gasteiger charge is 2.38. The monoisotopic (exact) mass is 509 g/mol. The second-order valence-corrected chi connectivity index (χ2v) is 12.0. The van der Waals surface area contributed by atoms with Crippen molar-refractivity contribution in [3.8, 4) is 5.75 Å². The average molecular weight is 510 g/mol. The van der Waals surface area contributed by atoms with Crippen LogP contribution in [0.25, 0.3) is 0 Å². The molecule has 2 aromatic rings. The van der Waals surface area contributed by atoms with Gasteiger partial charge < -0.3 is 15.0 Å². The van der Waals surface area contributed by atoms with E-state index >= 15 is 0 Å². The fourth-order valence-corrected chi connectivity index (χ4v) is 5.97. The van der Waals surface area contributed by atoms with E-state index in [0.717, 1.165) is 25.3 Å². The van der Waals surface area contributed by atoms with Gasteiger partial charge in [0.05, 0.1) is 16.8 Å². The van der Waals surface area contributed by atoms with Crippen LogP contribution in [0.2, 0.25) is 0 Å². The number of likely N-dealkylation sites (tertiary alicyclic amines) is 1. The Balaban J connectivity index is 1.40. The van der Waals surface area contributed by atoms with Crippen molar-refractivity contribution in [3.63, 3.8) is 0 Å². The lowest BCUT2D eigenvalue weighted by Gasteiger charge is -2.32. The summed E-state index contributed by atoms with van der Waals surface area (Å²) in [6, 6.07) is 8.93. The summed E-state index contributed by atoms with van der Waals surface area (Å²) in [7, 11) is 0. The van der Waals surface area contributed by atoms with Crippen LogP contribution in [0.5, 0.6) is 5.75 Å². The molecule has 2 aromatic carbocycles. The minimum atomic E-state index is -0.329. The highest BCUT2D eigenvalue weighted by molar-refractivity contribution is 6.32. The SMILES string of the molecule is C[C@@H]1CCCN(CCNc2cc3c(c4c2C(=O)c2ccccc2C4=O)N=C2C=CC(C(C)(C)C)=CC2O3)C1. The fraction of sp³-hybridized carbons (Fsp3) is 0.406. The van der Waals surface area contributed by atoms with E-state index in [4.69, 9.17) is 9.73 Å².